The van der Waals surface area contributed by atoms with E-state index in [0.29, 0.717) is 23.5 Å². The molecule has 3 atom stereocenters. The number of benzene rings is 1. The molecule has 10 nitrogen and oxygen atoms in total. The number of methoxy groups -OCH3 is 1. The Morgan fingerprint density at radius 3 is 2.14 bits per heavy atom. The van der Waals surface area contributed by atoms with E-state index in [1.807, 2.05) is 13.2 Å². The standard InChI is InChI=1S/C37H55N3O7S2/c1-8-21-47-37(45)40-31(20-22-48-7)34(42)38-32(23-29-16-18-30(41)19-17-29)35(43)39-33(36(44)46-6)25-49-24-28(5)15-11-14-27(4)13-10-9-12-26(2)3/h8,12-13,15-19,31-33,41H,1,9-11,14,20-25H2,2-7H3,(H,38,42)(H,39,43)(H,40,45)/b27-13+,28-15+/t31-,32-,33-/m0/s1. The minimum Gasteiger partial charge on any atom is -0.508 e. The van der Waals surface area contributed by atoms with Crippen molar-refractivity contribution in [3.05, 3.63) is 77.4 Å². The fourth-order valence-corrected chi connectivity index (χ4v) is 5.99. The molecule has 0 aliphatic heterocycles. The van der Waals surface area contributed by atoms with Crippen LogP contribution in [0, 0.1) is 0 Å². The first kappa shape index (κ1) is 43.4. The minimum absolute atomic E-state index is 0.0228. The summed E-state index contributed by atoms with van der Waals surface area (Å²) in [6.45, 7) is 11.9. The predicted molar refractivity (Wildman–Crippen MR) is 202 cm³/mol. The molecule has 0 saturated heterocycles. The quantitative estimate of drug-likeness (QED) is 0.0586. The van der Waals surface area contributed by atoms with Crippen LogP contribution in [0.3, 0.4) is 0 Å². The molecule has 0 saturated carbocycles. The first-order valence-electron chi connectivity index (χ1n) is 16.4. The van der Waals surface area contributed by atoms with E-state index in [2.05, 4.69) is 61.5 Å². The highest BCUT2D eigenvalue weighted by Gasteiger charge is 2.30. The monoisotopic (exact) mass is 717 g/mol. The summed E-state index contributed by atoms with van der Waals surface area (Å²) < 4.78 is 9.98. The fourth-order valence-electron chi connectivity index (χ4n) is 4.50. The molecule has 0 aliphatic carbocycles. The number of carbonyl (C=O) groups is 4. The van der Waals surface area contributed by atoms with Crippen molar-refractivity contribution in [2.75, 3.05) is 37.2 Å². The predicted octanol–water partition coefficient (Wildman–Crippen LogP) is 6.26. The summed E-state index contributed by atoms with van der Waals surface area (Å²) >= 11 is 3.00. The molecule has 0 bridgehead atoms. The largest absolute Gasteiger partial charge is 0.508 e. The van der Waals surface area contributed by atoms with Gasteiger partial charge < -0.3 is 30.5 Å². The molecule has 0 aromatic heterocycles. The van der Waals surface area contributed by atoms with Crippen molar-refractivity contribution in [1.82, 2.24) is 16.0 Å². The molecule has 0 heterocycles. The molecule has 0 radical (unpaired) electrons. The number of hydrogen-bond donors (Lipinski definition) is 4. The van der Waals surface area contributed by atoms with Crippen LogP contribution >= 0.6 is 23.5 Å². The molecule has 4 N–H and O–H groups in total. The highest BCUT2D eigenvalue weighted by atomic mass is 32.2. The molecule has 3 amide bonds. The van der Waals surface area contributed by atoms with Crippen LogP contribution in [0.1, 0.15) is 65.4 Å². The Labute approximate surface area is 301 Å². The van der Waals surface area contributed by atoms with Crippen LogP contribution in [0.2, 0.25) is 0 Å². The van der Waals surface area contributed by atoms with Gasteiger partial charge in [0.25, 0.3) is 0 Å². The summed E-state index contributed by atoms with van der Waals surface area (Å²) in [6, 6.07) is 3.22. The Hall–Kier alpha value is -3.64. The number of ether oxygens (including phenoxy) is 2. The summed E-state index contributed by atoms with van der Waals surface area (Å²) in [5.74, 6) is -0.208. The molecule has 1 aromatic rings. The van der Waals surface area contributed by atoms with Crippen molar-refractivity contribution in [2.24, 2.45) is 0 Å². The molecule has 49 heavy (non-hydrogen) atoms. The molecule has 272 valence electrons. The van der Waals surface area contributed by atoms with Crippen molar-refractivity contribution in [3.63, 3.8) is 0 Å². The maximum Gasteiger partial charge on any atom is 0.408 e. The number of phenolic OH excluding ortho intramolecular Hbond substituents is 1. The average Bonchev–Trinajstić information content (AvgIpc) is 3.07. The number of nitrogens with one attached hydrogen (secondary N) is 3. The number of allylic oxidation sites excluding steroid dienone is 5. The number of hydrogen-bond acceptors (Lipinski definition) is 9. The van der Waals surface area contributed by atoms with E-state index in [0.717, 1.165) is 25.7 Å². The van der Waals surface area contributed by atoms with E-state index < -0.39 is 42.0 Å². The van der Waals surface area contributed by atoms with Crippen molar-refractivity contribution >= 4 is 47.4 Å². The summed E-state index contributed by atoms with van der Waals surface area (Å²) in [5, 5.41) is 17.8. The lowest BCUT2D eigenvalue weighted by atomic mass is 10.0. The summed E-state index contributed by atoms with van der Waals surface area (Å²) in [6.07, 6.45) is 13.6. The Bertz CT molecular complexity index is 1290. The number of phenols is 1. The number of alkyl carbamates (subject to hydrolysis) is 1. The van der Waals surface area contributed by atoms with Crippen LogP contribution < -0.4 is 16.0 Å². The summed E-state index contributed by atoms with van der Waals surface area (Å²) in [4.78, 5) is 52.1. The van der Waals surface area contributed by atoms with Gasteiger partial charge in [-0.2, -0.15) is 23.5 Å². The minimum atomic E-state index is -1.10. The Kier molecular flexibility index (Phi) is 22.4. The van der Waals surface area contributed by atoms with E-state index in [9.17, 15) is 24.3 Å². The zero-order valence-electron chi connectivity index (χ0n) is 29.8. The van der Waals surface area contributed by atoms with Gasteiger partial charge >= 0.3 is 12.1 Å². The first-order valence-corrected chi connectivity index (χ1v) is 19.0. The number of thioether (sulfide) groups is 2. The molecule has 0 aliphatic rings. The second-order valence-corrected chi connectivity index (χ2v) is 13.9. The highest BCUT2D eigenvalue weighted by molar-refractivity contribution is 7.99. The Morgan fingerprint density at radius 1 is 0.878 bits per heavy atom. The number of aromatic hydroxyl groups is 1. The van der Waals surface area contributed by atoms with Crippen molar-refractivity contribution in [1.29, 1.82) is 0 Å². The zero-order valence-corrected chi connectivity index (χ0v) is 31.5. The van der Waals surface area contributed by atoms with Crippen LogP contribution in [0.25, 0.3) is 0 Å². The normalized spacial score (nSPS) is 13.3. The van der Waals surface area contributed by atoms with Crippen LogP contribution in [-0.2, 0) is 30.3 Å². The van der Waals surface area contributed by atoms with E-state index in [1.54, 1.807) is 12.1 Å². The van der Waals surface area contributed by atoms with E-state index >= 15 is 0 Å². The fraction of sp³-hybridized carbons (Fsp3) is 0.514. The number of esters is 1. The topological polar surface area (TPSA) is 143 Å². The van der Waals surface area contributed by atoms with Gasteiger partial charge in [-0.05, 0) is 89.5 Å². The van der Waals surface area contributed by atoms with Gasteiger partial charge in [0.2, 0.25) is 11.8 Å². The lowest BCUT2D eigenvalue weighted by molar-refractivity contribution is -0.144. The van der Waals surface area contributed by atoms with Crippen LogP contribution in [0.4, 0.5) is 4.79 Å². The van der Waals surface area contributed by atoms with Gasteiger partial charge in [0.1, 0.15) is 30.5 Å². The molecule has 0 fully saturated rings. The maximum atomic E-state index is 13.7. The molecular formula is C37H55N3O7S2. The van der Waals surface area contributed by atoms with E-state index in [1.165, 1.54) is 65.6 Å². The Morgan fingerprint density at radius 2 is 1.51 bits per heavy atom. The Balaban J connectivity index is 2.97. The third-order valence-corrected chi connectivity index (χ3v) is 9.09. The average molecular weight is 718 g/mol. The van der Waals surface area contributed by atoms with E-state index in [4.69, 9.17) is 9.47 Å². The zero-order chi connectivity index (χ0) is 36.6. The second kappa shape index (κ2) is 25.3. The van der Waals surface area contributed by atoms with Gasteiger partial charge in [-0.25, -0.2) is 9.59 Å². The van der Waals surface area contributed by atoms with Crippen LogP contribution in [0.5, 0.6) is 5.75 Å². The first-order chi connectivity index (χ1) is 23.4. The van der Waals surface area contributed by atoms with E-state index in [-0.39, 0.29) is 24.5 Å². The SMILES string of the molecule is C=CCOC(=O)N[C@@H](CCSC)C(=O)N[C@@H](Cc1ccc(O)cc1)C(=O)N[C@@H](CSC/C(C)=C/CC/C(C)=C/CCC=C(C)C)C(=O)OC. The number of unbranched alkanes of at least 4 members (excludes halogenated alkanes) is 1. The summed E-state index contributed by atoms with van der Waals surface area (Å²) in [7, 11) is 1.26. The van der Waals surface area contributed by atoms with Gasteiger partial charge in [-0.15, -0.1) is 0 Å². The van der Waals surface area contributed by atoms with Crippen LogP contribution in [-0.4, -0.2) is 84.3 Å². The molecule has 0 spiro atoms. The number of rotatable bonds is 23. The summed E-state index contributed by atoms with van der Waals surface area (Å²) in [5.41, 5.74) is 4.53. The smallest absolute Gasteiger partial charge is 0.408 e. The lowest BCUT2D eigenvalue weighted by Crippen LogP contribution is -2.57. The van der Waals surface area contributed by atoms with Gasteiger partial charge in [0.05, 0.1) is 7.11 Å². The molecule has 1 rings (SSSR count). The highest BCUT2D eigenvalue weighted by Crippen LogP contribution is 2.15. The number of carbonyl (C=O) groups excluding carboxylic acids is 4. The third-order valence-electron chi connectivity index (χ3n) is 7.22. The van der Waals surface area contributed by atoms with Crippen molar-refractivity contribution in [3.8, 4) is 5.75 Å². The molecule has 1 aromatic carbocycles. The maximum absolute atomic E-state index is 13.7. The molecule has 0 unspecified atom stereocenters. The van der Waals surface area contributed by atoms with Gasteiger partial charge in [-0.1, -0.05) is 59.7 Å². The van der Waals surface area contributed by atoms with Gasteiger partial charge in [0, 0.05) is 17.9 Å². The second-order valence-electron chi connectivity index (χ2n) is 11.9. The van der Waals surface area contributed by atoms with Crippen molar-refractivity contribution in [2.45, 2.75) is 84.3 Å². The van der Waals surface area contributed by atoms with Gasteiger partial charge in [0.15, 0.2) is 0 Å². The van der Waals surface area contributed by atoms with Crippen molar-refractivity contribution < 1.29 is 33.8 Å². The number of amides is 3. The molecular weight excluding hydrogens is 663 g/mol. The van der Waals surface area contributed by atoms with Crippen LogP contribution in [0.15, 0.2) is 71.9 Å². The molecule has 12 heteroatoms. The van der Waals surface area contributed by atoms with Gasteiger partial charge in [-0.3, -0.25) is 9.59 Å². The lowest BCUT2D eigenvalue weighted by Gasteiger charge is -2.25. The third kappa shape index (κ3) is 19.8.